The smallest absolute Gasteiger partial charge is 0.140 e. The molecule has 0 aliphatic heterocycles. The van der Waals surface area contributed by atoms with Gasteiger partial charge in [0.2, 0.25) is 0 Å². The third kappa shape index (κ3) is 13.5. The summed E-state index contributed by atoms with van der Waals surface area (Å²) in [6, 6.07) is 164. The predicted molar refractivity (Wildman–Crippen MR) is 577 cm³/mol. The summed E-state index contributed by atoms with van der Waals surface area (Å²) < 4.78 is 19.7. The molecule has 0 saturated carbocycles. The first kappa shape index (κ1) is 83.1. The topological polar surface area (TPSA) is 49.1 Å². The molecular weight excluding hydrogens is 1680 g/mol. The average Bonchev–Trinajstić information content (AvgIpc) is 1.55. The van der Waals surface area contributed by atoms with Gasteiger partial charge in [-0.15, -0.1) is 0 Å². The SMILES string of the molecule is CC1(C)c2c(-c3cccc(N(c4ccccc4)c4ccccc4)c3)cccc2-c2ccc3c(oc4ccccc43)c21.CC1(C)c2cc(N(c3ccc(-c4ccccc4)cc3)c3cccc(-c4ccccc4)c3)ccc2-c2ccc3c(oc4ccccc43)c21.CC1(C)c2ccccc2-c2ccc(N(c3ccc(-c4ccccc4)cc3)c3ccc4c(c3)C(C)(C)c3c-4ccc4c3oc3ccccc34)cc21. The molecule has 20 aromatic carbocycles. The van der Waals surface area contributed by atoms with E-state index >= 15 is 0 Å². The Kier molecular flexibility index (Phi) is 19.6. The Morgan fingerprint density at radius 1 is 0.152 bits per heavy atom. The van der Waals surface area contributed by atoms with E-state index in [2.05, 4.69) is 513 Å². The van der Waals surface area contributed by atoms with Crippen LogP contribution in [0.5, 0.6) is 0 Å². The van der Waals surface area contributed by atoms with E-state index < -0.39 is 0 Å². The van der Waals surface area contributed by atoms with Gasteiger partial charge in [-0.1, -0.05) is 365 Å². The van der Waals surface area contributed by atoms with Crippen molar-refractivity contribution in [2.24, 2.45) is 0 Å². The van der Waals surface area contributed by atoms with Crippen LogP contribution in [-0.4, -0.2) is 0 Å². The molecular formula is C132H99N3O3. The quantitative estimate of drug-likeness (QED) is 0.115. The second-order valence-electron chi connectivity index (χ2n) is 39.3. The summed E-state index contributed by atoms with van der Waals surface area (Å²) in [6.07, 6.45) is 0. The Bertz CT molecular complexity index is 8700. The number of furan rings is 3. The summed E-state index contributed by atoms with van der Waals surface area (Å²) in [5.74, 6) is 0. The molecule has 0 radical (unpaired) electrons. The number of para-hydroxylation sites is 5. The minimum atomic E-state index is -0.252. The first-order chi connectivity index (χ1) is 67.5. The van der Waals surface area contributed by atoms with Crippen molar-refractivity contribution in [1.82, 2.24) is 0 Å². The van der Waals surface area contributed by atoms with Gasteiger partial charge >= 0.3 is 0 Å². The lowest BCUT2D eigenvalue weighted by Crippen LogP contribution is -2.18. The highest BCUT2D eigenvalue weighted by Gasteiger charge is 2.44. The standard InChI is InChI=1S/C48H37NO.C45H33NO.C39H29NO/c1-47(2)41-16-10-8-14-35(41)36-24-22-33(28-42(36)47)49(32-20-18-31(19-21-32)30-12-6-5-7-13-30)34-23-25-37-39-26-27-40-38-15-9-11-17-44(38)50-46(40)45(39)48(3,4)43(37)29-34;1-45(2)41-29-36(24-25-37(41)39-26-27-40-38-18-9-10-19-42(38)47-44(40)43(39)45)46(34-22-20-32(21-23-34)30-12-5-3-6-13-30)35-17-11-16-33(28-35)31-14-7-4-8-15-31;1-39(2)36-30(20-12-21-32(36)33-23-24-34-31-19-9-10-22-35(31)41-38(34)37(33)39)26-13-11-18-29(25-26)40(27-14-5-3-6-15-27)28-16-7-4-8-17-28/h5-29H,1-4H3;3-29H,1-2H3;3-25H,1-2H3. The highest BCUT2D eigenvalue weighted by molar-refractivity contribution is 6.13. The van der Waals surface area contributed by atoms with Crippen LogP contribution in [0.15, 0.2) is 468 Å². The van der Waals surface area contributed by atoms with Gasteiger partial charge in [0.25, 0.3) is 0 Å². The summed E-state index contributed by atoms with van der Waals surface area (Å²) in [5.41, 5.74) is 45.7. The number of rotatable bonds is 13. The zero-order valence-electron chi connectivity index (χ0n) is 78.4. The molecule has 4 aliphatic carbocycles. The Morgan fingerprint density at radius 2 is 0.413 bits per heavy atom. The van der Waals surface area contributed by atoms with Crippen molar-refractivity contribution < 1.29 is 13.3 Å². The lowest BCUT2D eigenvalue weighted by Gasteiger charge is -2.30. The van der Waals surface area contributed by atoms with E-state index in [1.54, 1.807) is 0 Å². The summed E-state index contributed by atoms with van der Waals surface area (Å²) in [4.78, 5) is 7.14. The van der Waals surface area contributed by atoms with Gasteiger partial charge in [-0.25, -0.2) is 0 Å². The van der Waals surface area contributed by atoms with Gasteiger partial charge in [-0.2, -0.15) is 0 Å². The van der Waals surface area contributed by atoms with E-state index in [4.69, 9.17) is 13.3 Å². The predicted octanol–water partition coefficient (Wildman–Crippen LogP) is 37.1. The molecule has 660 valence electrons. The van der Waals surface area contributed by atoms with Gasteiger partial charge in [-0.05, 0) is 262 Å². The van der Waals surface area contributed by atoms with Gasteiger partial charge in [0.15, 0.2) is 0 Å². The highest BCUT2D eigenvalue weighted by Crippen LogP contribution is 2.60. The van der Waals surface area contributed by atoms with Crippen LogP contribution >= 0.6 is 0 Å². The molecule has 27 rings (SSSR count). The van der Waals surface area contributed by atoms with Crippen LogP contribution in [0.25, 0.3) is 155 Å². The Hall–Kier alpha value is -16.8. The number of nitrogens with zero attached hydrogens (tertiary/aromatic N) is 3. The Balaban J connectivity index is 0.000000110. The summed E-state index contributed by atoms with van der Waals surface area (Å²) in [6.45, 7) is 18.8. The molecule has 6 nitrogen and oxygen atoms in total. The van der Waals surface area contributed by atoms with Crippen molar-refractivity contribution in [3.8, 4) is 89.0 Å². The third-order valence-electron chi connectivity index (χ3n) is 29.9. The number of hydrogen-bond donors (Lipinski definition) is 0. The molecule has 3 aromatic heterocycles. The van der Waals surface area contributed by atoms with E-state index in [9.17, 15) is 0 Å². The maximum absolute atomic E-state index is 6.60. The van der Waals surface area contributed by atoms with Crippen molar-refractivity contribution >= 4 is 117 Å². The highest BCUT2D eigenvalue weighted by atomic mass is 16.3. The van der Waals surface area contributed by atoms with Crippen molar-refractivity contribution in [3.63, 3.8) is 0 Å². The van der Waals surface area contributed by atoms with E-state index in [0.717, 1.165) is 84.7 Å². The second kappa shape index (κ2) is 32.5. The van der Waals surface area contributed by atoms with Crippen molar-refractivity contribution in [2.45, 2.75) is 77.0 Å². The minimum Gasteiger partial charge on any atom is -0.456 e. The van der Waals surface area contributed by atoms with Crippen LogP contribution < -0.4 is 14.7 Å². The van der Waals surface area contributed by atoms with Gasteiger partial charge in [0.05, 0.1) is 0 Å². The molecule has 23 aromatic rings. The van der Waals surface area contributed by atoms with E-state index in [0.29, 0.717) is 0 Å². The van der Waals surface area contributed by atoms with Crippen LogP contribution in [0.2, 0.25) is 0 Å². The van der Waals surface area contributed by atoms with Gasteiger partial charge in [0, 0.05) is 122 Å². The van der Waals surface area contributed by atoms with Crippen LogP contribution in [0.3, 0.4) is 0 Å². The van der Waals surface area contributed by atoms with Crippen LogP contribution in [0.1, 0.15) is 99.9 Å². The fourth-order valence-corrected chi connectivity index (χ4v) is 23.3. The lowest BCUT2D eigenvalue weighted by atomic mass is 9.78. The largest absolute Gasteiger partial charge is 0.456 e. The Morgan fingerprint density at radius 3 is 0.855 bits per heavy atom. The number of hydrogen-bond acceptors (Lipinski definition) is 6. The van der Waals surface area contributed by atoms with E-state index in [-0.39, 0.29) is 21.7 Å². The minimum absolute atomic E-state index is 0.0930. The normalized spacial score (nSPS) is 13.7. The molecule has 3 heterocycles. The maximum Gasteiger partial charge on any atom is 0.140 e. The fraction of sp³-hybridized carbons (Fsp3) is 0.0909. The van der Waals surface area contributed by atoms with Gasteiger partial charge < -0.3 is 28.0 Å². The lowest BCUT2D eigenvalue weighted by molar-refractivity contribution is 0.619. The van der Waals surface area contributed by atoms with Gasteiger partial charge in [-0.3, -0.25) is 0 Å². The molecule has 0 N–H and O–H groups in total. The molecule has 4 aliphatic rings. The molecule has 0 bridgehead atoms. The number of benzene rings is 20. The number of fused-ring (bicyclic) bond motifs is 24. The van der Waals surface area contributed by atoms with Crippen molar-refractivity contribution in [3.05, 3.63) is 499 Å². The fourth-order valence-electron chi connectivity index (χ4n) is 23.3. The average molecular weight is 1780 g/mol. The Labute approximate surface area is 804 Å². The zero-order chi connectivity index (χ0) is 92.9. The third-order valence-corrected chi connectivity index (χ3v) is 29.9. The van der Waals surface area contributed by atoms with Crippen LogP contribution in [0.4, 0.5) is 51.2 Å². The molecule has 0 fully saturated rings. The number of anilines is 9. The summed E-state index contributed by atoms with van der Waals surface area (Å²) in [5, 5.41) is 7.06. The van der Waals surface area contributed by atoms with Crippen molar-refractivity contribution in [1.29, 1.82) is 0 Å². The molecule has 6 heteroatoms. The van der Waals surface area contributed by atoms with Crippen LogP contribution in [0, 0.1) is 0 Å². The van der Waals surface area contributed by atoms with E-state index in [1.165, 1.54) is 166 Å². The molecule has 138 heavy (non-hydrogen) atoms. The molecule has 0 atom stereocenters. The second-order valence-corrected chi connectivity index (χ2v) is 39.3. The monoisotopic (exact) mass is 1770 g/mol. The first-order valence-electron chi connectivity index (χ1n) is 48.1. The molecule has 0 saturated heterocycles. The summed E-state index contributed by atoms with van der Waals surface area (Å²) in [7, 11) is 0. The molecule has 0 unspecified atom stereocenters. The zero-order valence-corrected chi connectivity index (χ0v) is 78.4. The first-order valence-corrected chi connectivity index (χ1v) is 48.1. The van der Waals surface area contributed by atoms with Crippen molar-refractivity contribution in [2.75, 3.05) is 14.7 Å². The maximum atomic E-state index is 6.60. The van der Waals surface area contributed by atoms with E-state index in [1.807, 2.05) is 12.1 Å². The van der Waals surface area contributed by atoms with Gasteiger partial charge in [0.1, 0.15) is 33.5 Å². The molecule has 0 spiro atoms. The molecule has 0 amide bonds. The van der Waals surface area contributed by atoms with Crippen LogP contribution in [-0.2, 0) is 21.7 Å². The summed E-state index contributed by atoms with van der Waals surface area (Å²) >= 11 is 0.